The number of nitrogens with zero attached hydrogens (tertiary/aromatic N) is 2. The van der Waals surface area contributed by atoms with Gasteiger partial charge in [-0.3, -0.25) is 0 Å². The number of anilines is 1. The van der Waals surface area contributed by atoms with Gasteiger partial charge >= 0.3 is 0 Å². The van der Waals surface area contributed by atoms with Gasteiger partial charge in [-0.2, -0.15) is 0 Å². The summed E-state index contributed by atoms with van der Waals surface area (Å²) in [5, 5.41) is 3.42. The fraction of sp³-hybridized carbons (Fsp3) is 0.278. The largest absolute Gasteiger partial charge is 0.384 e. The maximum absolute atomic E-state index is 4.87. The maximum Gasteiger partial charge on any atom is 0.141 e. The lowest BCUT2D eigenvalue weighted by atomic mass is 10.1. The van der Waals surface area contributed by atoms with Crippen LogP contribution in [0.25, 0.3) is 22.4 Å². The predicted molar refractivity (Wildman–Crippen MR) is 87.7 cm³/mol. The molecule has 0 unspecified atom stereocenters. The highest BCUT2D eigenvalue weighted by atomic mass is 15.1. The van der Waals surface area contributed by atoms with Gasteiger partial charge in [0.1, 0.15) is 5.82 Å². The van der Waals surface area contributed by atoms with Gasteiger partial charge in [-0.15, -0.1) is 0 Å². The summed E-state index contributed by atoms with van der Waals surface area (Å²) in [7, 11) is 0. The number of para-hydroxylation sites is 2. The van der Waals surface area contributed by atoms with E-state index in [4.69, 9.17) is 4.98 Å². The first-order valence-electron chi connectivity index (χ1n) is 7.58. The van der Waals surface area contributed by atoms with Crippen LogP contribution in [0.4, 0.5) is 5.69 Å². The second-order valence-electron chi connectivity index (χ2n) is 5.94. The van der Waals surface area contributed by atoms with Crippen molar-refractivity contribution in [2.24, 2.45) is 0 Å². The first kappa shape index (κ1) is 12.5. The molecule has 0 spiro atoms. The van der Waals surface area contributed by atoms with Crippen LogP contribution in [0.3, 0.4) is 0 Å². The fourth-order valence-electron chi connectivity index (χ4n) is 3.21. The van der Waals surface area contributed by atoms with Crippen molar-refractivity contribution >= 4 is 16.7 Å². The first-order chi connectivity index (χ1) is 10.2. The van der Waals surface area contributed by atoms with E-state index in [9.17, 15) is 0 Å². The average Bonchev–Trinajstić information content (AvgIpc) is 3.10. The summed E-state index contributed by atoms with van der Waals surface area (Å²) >= 11 is 0. The zero-order valence-corrected chi connectivity index (χ0v) is 12.4. The van der Waals surface area contributed by atoms with E-state index in [1.807, 2.05) is 0 Å². The Morgan fingerprint density at radius 1 is 1.14 bits per heavy atom. The van der Waals surface area contributed by atoms with E-state index < -0.39 is 0 Å². The molecule has 21 heavy (non-hydrogen) atoms. The molecular weight excluding hydrogens is 258 g/mol. The molecule has 106 valence electrons. The highest BCUT2D eigenvalue weighted by Gasteiger charge is 2.17. The molecule has 0 saturated heterocycles. The Morgan fingerprint density at radius 2 is 2.00 bits per heavy atom. The molecule has 0 radical (unpaired) electrons. The normalized spacial score (nSPS) is 13.7. The molecule has 0 fully saturated rings. The smallest absolute Gasteiger partial charge is 0.141 e. The van der Waals surface area contributed by atoms with E-state index in [-0.39, 0.29) is 0 Å². The van der Waals surface area contributed by atoms with Gasteiger partial charge in [-0.25, -0.2) is 4.98 Å². The number of fused-ring (bicyclic) bond motifs is 2. The summed E-state index contributed by atoms with van der Waals surface area (Å²) in [6.07, 6.45) is 1.10. The standard InChI is InChI=1S/C18H19N3/c1-12(2)21-17-6-4-3-5-16(17)20-18(21)14-7-8-15-13(11-14)9-10-19-15/h3-8,11-12,19H,9-10H2,1-2H3. The minimum atomic E-state index is 0.388. The molecule has 1 aliphatic heterocycles. The number of aromatic nitrogens is 2. The molecule has 0 bridgehead atoms. The number of rotatable bonds is 2. The Hall–Kier alpha value is -2.29. The van der Waals surface area contributed by atoms with Crippen LogP contribution in [0, 0.1) is 0 Å². The lowest BCUT2D eigenvalue weighted by Gasteiger charge is -2.13. The molecule has 3 aromatic rings. The second-order valence-corrected chi connectivity index (χ2v) is 5.94. The van der Waals surface area contributed by atoms with E-state index in [2.05, 4.69) is 66.2 Å². The molecule has 0 aliphatic carbocycles. The average molecular weight is 277 g/mol. The van der Waals surface area contributed by atoms with E-state index in [1.54, 1.807) is 0 Å². The van der Waals surface area contributed by atoms with E-state index in [0.29, 0.717) is 6.04 Å². The third-order valence-corrected chi connectivity index (χ3v) is 4.19. The fourth-order valence-corrected chi connectivity index (χ4v) is 3.21. The van der Waals surface area contributed by atoms with Crippen molar-refractivity contribution in [3.05, 3.63) is 48.0 Å². The summed E-state index contributed by atoms with van der Waals surface area (Å²) in [6, 6.07) is 15.4. The number of imidazole rings is 1. The zero-order valence-electron chi connectivity index (χ0n) is 12.4. The van der Waals surface area contributed by atoms with Crippen molar-refractivity contribution in [2.45, 2.75) is 26.3 Å². The van der Waals surface area contributed by atoms with Gasteiger partial charge in [0.2, 0.25) is 0 Å². The summed E-state index contributed by atoms with van der Waals surface area (Å²) in [5.41, 5.74) is 6.16. The number of nitrogens with one attached hydrogen (secondary N) is 1. The summed E-state index contributed by atoms with van der Waals surface area (Å²) in [6.45, 7) is 5.47. The van der Waals surface area contributed by atoms with Gasteiger partial charge in [-0.05, 0) is 56.2 Å². The predicted octanol–water partition coefficient (Wildman–Crippen LogP) is 4.25. The maximum atomic E-state index is 4.87. The molecule has 1 aliphatic rings. The lowest BCUT2D eigenvalue weighted by molar-refractivity contribution is 0.624. The van der Waals surface area contributed by atoms with Crippen LogP contribution >= 0.6 is 0 Å². The highest BCUT2D eigenvalue weighted by Crippen LogP contribution is 2.32. The molecule has 3 heteroatoms. The van der Waals surface area contributed by atoms with E-state index in [0.717, 1.165) is 24.3 Å². The first-order valence-corrected chi connectivity index (χ1v) is 7.58. The van der Waals surface area contributed by atoms with Crippen LogP contribution in [0.5, 0.6) is 0 Å². The Morgan fingerprint density at radius 3 is 2.86 bits per heavy atom. The second kappa shape index (κ2) is 4.62. The monoisotopic (exact) mass is 277 g/mol. The summed E-state index contributed by atoms with van der Waals surface area (Å²) < 4.78 is 2.33. The molecule has 2 heterocycles. The molecule has 1 N–H and O–H groups in total. The van der Waals surface area contributed by atoms with Gasteiger partial charge in [0.15, 0.2) is 0 Å². The van der Waals surface area contributed by atoms with Crippen molar-refractivity contribution in [1.82, 2.24) is 9.55 Å². The van der Waals surface area contributed by atoms with Crippen LogP contribution in [-0.2, 0) is 6.42 Å². The summed E-state index contributed by atoms with van der Waals surface area (Å²) in [5.74, 6) is 1.07. The van der Waals surface area contributed by atoms with E-state index in [1.165, 1.54) is 22.3 Å². The molecule has 1 aromatic heterocycles. The Kier molecular flexibility index (Phi) is 2.74. The lowest BCUT2D eigenvalue weighted by Crippen LogP contribution is -2.03. The Bertz CT molecular complexity index is 814. The van der Waals surface area contributed by atoms with Gasteiger partial charge in [0, 0.05) is 23.8 Å². The third-order valence-electron chi connectivity index (χ3n) is 4.19. The quantitative estimate of drug-likeness (QED) is 0.758. The van der Waals surface area contributed by atoms with Crippen LogP contribution in [0.15, 0.2) is 42.5 Å². The molecule has 2 aromatic carbocycles. The minimum Gasteiger partial charge on any atom is -0.384 e. The molecule has 0 atom stereocenters. The van der Waals surface area contributed by atoms with Crippen molar-refractivity contribution in [1.29, 1.82) is 0 Å². The molecule has 0 saturated carbocycles. The van der Waals surface area contributed by atoms with Crippen molar-refractivity contribution in [3.63, 3.8) is 0 Å². The SMILES string of the molecule is CC(C)n1c(-c2ccc3c(c2)CCN3)nc2ccccc21. The van der Waals surface area contributed by atoms with Gasteiger partial charge < -0.3 is 9.88 Å². The summed E-state index contributed by atoms with van der Waals surface area (Å²) in [4.78, 5) is 4.87. The zero-order chi connectivity index (χ0) is 14.4. The Labute approximate surface area is 124 Å². The van der Waals surface area contributed by atoms with Crippen LogP contribution < -0.4 is 5.32 Å². The number of benzene rings is 2. The molecule has 3 nitrogen and oxygen atoms in total. The number of hydrogen-bond acceptors (Lipinski definition) is 2. The highest BCUT2D eigenvalue weighted by molar-refractivity contribution is 5.81. The van der Waals surface area contributed by atoms with Crippen molar-refractivity contribution in [2.75, 3.05) is 11.9 Å². The van der Waals surface area contributed by atoms with Gasteiger partial charge in [0.25, 0.3) is 0 Å². The number of hydrogen-bond donors (Lipinski definition) is 1. The van der Waals surface area contributed by atoms with Crippen LogP contribution in [0.1, 0.15) is 25.5 Å². The van der Waals surface area contributed by atoms with Crippen LogP contribution in [-0.4, -0.2) is 16.1 Å². The van der Waals surface area contributed by atoms with Crippen molar-refractivity contribution in [3.8, 4) is 11.4 Å². The Balaban J connectivity index is 1.95. The van der Waals surface area contributed by atoms with Gasteiger partial charge in [0.05, 0.1) is 11.0 Å². The third kappa shape index (κ3) is 1.92. The van der Waals surface area contributed by atoms with Crippen LogP contribution in [0.2, 0.25) is 0 Å². The topological polar surface area (TPSA) is 29.9 Å². The van der Waals surface area contributed by atoms with E-state index >= 15 is 0 Å². The van der Waals surface area contributed by atoms with Crippen molar-refractivity contribution < 1.29 is 0 Å². The molecule has 0 amide bonds. The molecule has 4 rings (SSSR count). The molecular formula is C18H19N3. The minimum absolute atomic E-state index is 0.388. The van der Waals surface area contributed by atoms with Gasteiger partial charge in [-0.1, -0.05) is 12.1 Å².